The molecular formula is C6H14CaO3P+. The molecule has 0 saturated heterocycles. The van der Waals surface area contributed by atoms with Gasteiger partial charge in [0, 0.05) is 0 Å². The van der Waals surface area contributed by atoms with Crippen molar-refractivity contribution in [3.05, 3.63) is 0 Å². The Balaban J connectivity index is -0.000000114. The zero-order chi connectivity index (χ0) is 8.57. The summed E-state index contributed by atoms with van der Waals surface area (Å²) in [6, 6.07) is 0. The van der Waals surface area contributed by atoms with E-state index in [-0.39, 0.29) is 37.7 Å². The second-order valence-electron chi connectivity index (χ2n) is 2.15. The molecule has 0 amide bonds. The van der Waals surface area contributed by atoms with E-state index in [1.165, 1.54) is 12.8 Å². The maximum absolute atomic E-state index is 8.48. The van der Waals surface area contributed by atoms with Gasteiger partial charge in [0.25, 0.3) is 8.25 Å². The summed E-state index contributed by atoms with van der Waals surface area (Å²) in [6.45, 7) is 6.74. The minimum absolute atomic E-state index is 0. The van der Waals surface area contributed by atoms with Gasteiger partial charge < -0.3 is 9.79 Å². The van der Waals surface area contributed by atoms with Crippen molar-refractivity contribution in [2.45, 2.75) is 33.6 Å². The minimum Gasteiger partial charge on any atom is -0.598 e. The Hall–Kier alpha value is 1.28. The van der Waals surface area contributed by atoms with Crippen LogP contribution in [-0.4, -0.2) is 37.7 Å². The monoisotopic (exact) mass is 205 g/mol. The van der Waals surface area contributed by atoms with Crippen molar-refractivity contribution in [3.8, 4) is 0 Å². The summed E-state index contributed by atoms with van der Waals surface area (Å²) >= 11 is 0. The van der Waals surface area contributed by atoms with Gasteiger partial charge in [-0.1, -0.05) is 38.2 Å². The third-order valence-electron chi connectivity index (χ3n) is 1.39. The summed E-state index contributed by atoms with van der Waals surface area (Å²) < 4.78 is 8.48. The predicted molar refractivity (Wildman–Crippen MR) is 43.1 cm³/mol. The van der Waals surface area contributed by atoms with Crippen molar-refractivity contribution in [1.82, 2.24) is 0 Å². The SMILES string of the molecule is CCC(C)CC.O=[P+]([O-])[O-].[Ca+2]. The summed E-state index contributed by atoms with van der Waals surface area (Å²) in [5.41, 5.74) is 0. The van der Waals surface area contributed by atoms with Crippen LogP contribution < -0.4 is 9.79 Å². The molecule has 5 heteroatoms. The van der Waals surface area contributed by atoms with Crippen molar-refractivity contribution in [2.24, 2.45) is 5.92 Å². The number of hydrogen-bond donors (Lipinski definition) is 0. The molecule has 0 atom stereocenters. The molecule has 0 unspecified atom stereocenters. The van der Waals surface area contributed by atoms with E-state index in [4.69, 9.17) is 14.4 Å². The third kappa shape index (κ3) is 34.8. The molecule has 0 aliphatic rings. The smallest absolute Gasteiger partial charge is 0.598 e. The van der Waals surface area contributed by atoms with Crippen LogP contribution in [0.1, 0.15) is 33.6 Å². The maximum atomic E-state index is 8.48. The van der Waals surface area contributed by atoms with Gasteiger partial charge in [-0.05, 0) is 5.92 Å². The summed E-state index contributed by atoms with van der Waals surface area (Å²) in [5.74, 6) is 0.935. The van der Waals surface area contributed by atoms with Crippen LogP contribution in [-0.2, 0) is 4.57 Å². The molecule has 0 rings (SSSR count). The Labute approximate surface area is 99.2 Å². The molecule has 0 bridgehead atoms. The molecule has 11 heavy (non-hydrogen) atoms. The van der Waals surface area contributed by atoms with Crippen LogP contribution in [0.4, 0.5) is 0 Å². The van der Waals surface area contributed by atoms with Gasteiger partial charge in [-0.2, -0.15) is 0 Å². The second kappa shape index (κ2) is 13.8. The van der Waals surface area contributed by atoms with Crippen LogP contribution in [0.5, 0.6) is 0 Å². The molecule has 0 radical (unpaired) electrons. The van der Waals surface area contributed by atoms with E-state index in [0.717, 1.165) is 5.92 Å². The quantitative estimate of drug-likeness (QED) is 0.485. The molecule has 0 aliphatic heterocycles. The summed E-state index contributed by atoms with van der Waals surface area (Å²) in [5, 5.41) is 0. The molecule has 0 aromatic rings. The molecule has 0 N–H and O–H groups in total. The van der Waals surface area contributed by atoms with Crippen molar-refractivity contribution in [1.29, 1.82) is 0 Å². The van der Waals surface area contributed by atoms with Crippen molar-refractivity contribution >= 4 is 46.0 Å². The first-order valence-corrected chi connectivity index (χ1v) is 4.45. The van der Waals surface area contributed by atoms with Gasteiger partial charge in [-0.25, -0.2) is 0 Å². The van der Waals surface area contributed by atoms with Gasteiger partial charge in [0.2, 0.25) is 0 Å². The van der Waals surface area contributed by atoms with E-state index in [9.17, 15) is 0 Å². The topological polar surface area (TPSA) is 63.2 Å². The molecule has 0 aromatic carbocycles. The average Bonchev–Trinajstić information content (AvgIpc) is 1.85. The van der Waals surface area contributed by atoms with Crippen LogP contribution in [0.25, 0.3) is 0 Å². The fraction of sp³-hybridized carbons (Fsp3) is 1.00. The summed E-state index contributed by atoms with van der Waals surface area (Å²) in [6.07, 6.45) is 2.66. The minimum atomic E-state index is -3.37. The Morgan fingerprint density at radius 3 is 1.45 bits per heavy atom. The maximum Gasteiger partial charge on any atom is 2.00 e. The predicted octanol–water partition coefficient (Wildman–Crippen LogP) is 0.426. The Morgan fingerprint density at radius 1 is 1.27 bits per heavy atom. The molecule has 0 saturated carbocycles. The van der Waals surface area contributed by atoms with E-state index in [1.54, 1.807) is 0 Å². The first kappa shape index (κ1) is 18.1. The van der Waals surface area contributed by atoms with Crippen LogP contribution in [0.2, 0.25) is 0 Å². The van der Waals surface area contributed by atoms with E-state index < -0.39 is 8.25 Å². The molecule has 0 aliphatic carbocycles. The summed E-state index contributed by atoms with van der Waals surface area (Å²) in [7, 11) is -3.37. The van der Waals surface area contributed by atoms with Crippen LogP contribution >= 0.6 is 8.25 Å². The van der Waals surface area contributed by atoms with Crippen molar-refractivity contribution in [2.75, 3.05) is 0 Å². The van der Waals surface area contributed by atoms with Crippen molar-refractivity contribution in [3.63, 3.8) is 0 Å². The molecule has 0 fully saturated rings. The van der Waals surface area contributed by atoms with Gasteiger partial charge in [-0.15, -0.1) is 0 Å². The fourth-order valence-electron chi connectivity index (χ4n) is 0.289. The Bertz CT molecular complexity index is 81.9. The van der Waals surface area contributed by atoms with Gasteiger partial charge in [-0.3, -0.25) is 0 Å². The van der Waals surface area contributed by atoms with Gasteiger partial charge in [0.05, 0.1) is 0 Å². The number of hydrogen-bond acceptors (Lipinski definition) is 3. The van der Waals surface area contributed by atoms with Crippen LogP contribution in [0.3, 0.4) is 0 Å². The average molecular weight is 205 g/mol. The zero-order valence-corrected chi connectivity index (χ0v) is 10.5. The second-order valence-corrected chi connectivity index (χ2v) is 2.59. The molecule has 0 aromatic heterocycles. The number of rotatable bonds is 2. The molecule has 0 heterocycles. The van der Waals surface area contributed by atoms with E-state index in [2.05, 4.69) is 20.8 Å². The Morgan fingerprint density at radius 2 is 1.45 bits per heavy atom. The third-order valence-corrected chi connectivity index (χ3v) is 1.39. The molecular weight excluding hydrogens is 191 g/mol. The van der Waals surface area contributed by atoms with Gasteiger partial charge in [0.1, 0.15) is 0 Å². The van der Waals surface area contributed by atoms with Crippen LogP contribution in [0, 0.1) is 5.92 Å². The standard InChI is InChI=1S/C6H14.Ca.HO3P/c1-4-6(3)5-2;;1-4(2)3/h6H,4-5H2,1-3H3;;(H,1,2,3)/q;+2;/p-1. The van der Waals surface area contributed by atoms with E-state index in [1.807, 2.05) is 0 Å². The first-order valence-electron chi connectivity index (χ1n) is 3.36. The van der Waals surface area contributed by atoms with Gasteiger partial charge >= 0.3 is 37.7 Å². The van der Waals surface area contributed by atoms with E-state index in [0.29, 0.717) is 0 Å². The molecule has 3 nitrogen and oxygen atoms in total. The summed E-state index contributed by atoms with van der Waals surface area (Å²) in [4.78, 5) is 17.0. The van der Waals surface area contributed by atoms with Gasteiger partial charge in [0.15, 0.2) is 0 Å². The largest absolute Gasteiger partial charge is 2.00 e. The molecule has 0 spiro atoms. The molecule has 62 valence electrons. The van der Waals surface area contributed by atoms with Crippen LogP contribution in [0.15, 0.2) is 0 Å². The van der Waals surface area contributed by atoms with E-state index >= 15 is 0 Å². The fourth-order valence-corrected chi connectivity index (χ4v) is 0.289. The van der Waals surface area contributed by atoms with Crippen molar-refractivity contribution < 1.29 is 14.4 Å². The zero-order valence-electron chi connectivity index (χ0n) is 7.37. The first-order chi connectivity index (χ1) is 4.54. The normalized spacial score (nSPS) is 7.82. The Kier molecular flexibility index (Phi) is 22.8.